The highest BCUT2D eigenvalue weighted by molar-refractivity contribution is 5.95. The van der Waals surface area contributed by atoms with Crippen LogP contribution in [0.15, 0.2) is 30.5 Å². The van der Waals surface area contributed by atoms with Crippen molar-refractivity contribution in [3.05, 3.63) is 52.8 Å². The summed E-state index contributed by atoms with van der Waals surface area (Å²) in [5.74, 6) is 0.554. The number of carbonyl (C=O) groups excluding carboxylic acids is 2. The third-order valence-electron chi connectivity index (χ3n) is 8.48. The summed E-state index contributed by atoms with van der Waals surface area (Å²) in [5.41, 5.74) is 2.10. The summed E-state index contributed by atoms with van der Waals surface area (Å²) in [4.78, 5) is 32.2. The molecule has 5 rings (SSSR count). The van der Waals surface area contributed by atoms with Crippen LogP contribution in [0.1, 0.15) is 91.0 Å². The molecule has 1 aromatic carbocycles. The van der Waals surface area contributed by atoms with Crippen LogP contribution in [0.25, 0.3) is 0 Å². The van der Waals surface area contributed by atoms with Crippen LogP contribution in [0.2, 0.25) is 0 Å². The molecule has 0 bridgehead atoms. The molecule has 9 heteroatoms. The second-order valence-electron chi connectivity index (χ2n) is 12.2. The Morgan fingerprint density at radius 2 is 1.72 bits per heavy atom. The van der Waals surface area contributed by atoms with E-state index in [2.05, 4.69) is 14.9 Å². The molecule has 1 N–H and O–H groups in total. The summed E-state index contributed by atoms with van der Waals surface area (Å²) in [6.07, 6.45) is 6.43. The number of piperidine rings is 1. The third-order valence-corrected chi connectivity index (χ3v) is 8.48. The fraction of sp³-hybridized carbons (Fsp3) is 0.633. The van der Waals surface area contributed by atoms with Crippen LogP contribution in [0.4, 0.5) is 9.18 Å². The van der Waals surface area contributed by atoms with Gasteiger partial charge in [0.15, 0.2) is 0 Å². The van der Waals surface area contributed by atoms with Gasteiger partial charge in [0.1, 0.15) is 5.67 Å². The van der Waals surface area contributed by atoms with E-state index in [1.165, 1.54) is 0 Å². The predicted octanol–water partition coefficient (Wildman–Crippen LogP) is 4.50. The Bertz CT molecular complexity index is 1180. The number of aromatic nitrogens is 2. The van der Waals surface area contributed by atoms with Crippen LogP contribution >= 0.6 is 0 Å². The van der Waals surface area contributed by atoms with Crippen LogP contribution in [-0.2, 0) is 5.67 Å². The molecule has 1 saturated carbocycles. The van der Waals surface area contributed by atoms with Crippen molar-refractivity contribution in [2.45, 2.75) is 69.5 Å². The number of nitrogens with one attached hydrogen (secondary N) is 1. The first-order valence-electron chi connectivity index (χ1n) is 14.5. The van der Waals surface area contributed by atoms with E-state index in [4.69, 9.17) is 5.10 Å². The van der Waals surface area contributed by atoms with Gasteiger partial charge in [-0.1, -0.05) is 24.3 Å². The van der Waals surface area contributed by atoms with Crippen molar-refractivity contribution in [1.29, 1.82) is 0 Å². The number of carbonyl (C=O) groups is 2. The van der Waals surface area contributed by atoms with Gasteiger partial charge in [-0.05, 0) is 71.2 Å². The van der Waals surface area contributed by atoms with E-state index in [1.807, 2.05) is 48.2 Å². The van der Waals surface area contributed by atoms with Crippen LogP contribution in [-0.4, -0.2) is 89.8 Å². The van der Waals surface area contributed by atoms with Crippen LogP contribution < -0.4 is 5.32 Å². The lowest BCUT2D eigenvalue weighted by atomic mass is 9.87. The molecule has 2 aliphatic heterocycles. The molecule has 2 saturated heterocycles. The van der Waals surface area contributed by atoms with Crippen molar-refractivity contribution < 1.29 is 14.0 Å². The van der Waals surface area contributed by atoms with E-state index < -0.39 is 5.67 Å². The molecule has 1 aliphatic carbocycles. The smallest absolute Gasteiger partial charge is 0.317 e. The number of halogens is 1. The number of amides is 3. The highest BCUT2D eigenvalue weighted by Gasteiger charge is 2.38. The molecule has 3 amide bonds. The normalized spacial score (nSPS) is 20.6. The van der Waals surface area contributed by atoms with Crippen molar-refractivity contribution in [2.24, 2.45) is 0 Å². The van der Waals surface area contributed by atoms with E-state index in [1.54, 1.807) is 20.0 Å². The molecular weight excluding hydrogens is 495 g/mol. The maximum Gasteiger partial charge on any atom is 0.317 e. The van der Waals surface area contributed by atoms with Gasteiger partial charge in [0.25, 0.3) is 5.91 Å². The van der Waals surface area contributed by atoms with Crippen molar-refractivity contribution in [3.63, 3.8) is 0 Å². The zero-order valence-electron chi connectivity index (χ0n) is 23.8. The van der Waals surface area contributed by atoms with Gasteiger partial charge in [-0.2, -0.15) is 5.10 Å². The molecule has 8 nitrogen and oxygen atoms in total. The molecule has 3 heterocycles. The molecule has 0 spiro atoms. The number of alkyl halides is 1. The number of urea groups is 1. The number of hydrogen-bond acceptors (Lipinski definition) is 4. The minimum Gasteiger partial charge on any atom is -0.338 e. The molecule has 212 valence electrons. The largest absolute Gasteiger partial charge is 0.338 e. The predicted molar refractivity (Wildman–Crippen MR) is 150 cm³/mol. The summed E-state index contributed by atoms with van der Waals surface area (Å²) in [6, 6.07) is 7.92. The summed E-state index contributed by atoms with van der Waals surface area (Å²) in [7, 11) is 3.99. The molecule has 1 aromatic heterocycles. The molecular formula is C30H43FN6O2. The Kier molecular flexibility index (Phi) is 7.99. The first-order valence-corrected chi connectivity index (χ1v) is 14.5. The summed E-state index contributed by atoms with van der Waals surface area (Å²) in [6.45, 7) is 7.29. The Balaban J connectivity index is 1.25. The number of nitrogens with zero attached hydrogens (tertiary/aromatic N) is 5. The second-order valence-corrected chi connectivity index (χ2v) is 12.2. The maximum absolute atomic E-state index is 14.9. The van der Waals surface area contributed by atoms with Crippen molar-refractivity contribution in [3.8, 4) is 0 Å². The fourth-order valence-corrected chi connectivity index (χ4v) is 6.17. The summed E-state index contributed by atoms with van der Waals surface area (Å²) >= 11 is 0. The molecule has 2 aromatic rings. The monoisotopic (exact) mass is 538 g/mol. The number of rotatable bonds is 8. The first kappa shape index (κ1) is 27.6. The Hall–Kier alpha value is -2.94. The molecule has 0 unspecified atom stereocenters. The van der Waals surface area contributed by atoms with E-state index in [-0.39, 0.29) is 23.9 Å². The SMILES string of the molecule is CN(C)CCNC(=O)N1CCC(n2ncc(C(=O)N3CC[C@@H](c4ccccc4C(C)(C)F)C3)c2C2CC2)CC1. The Labute approximate surface area is 231 Å². The zero-order chi connectivity index (χ0) is 27.7. The fourth-order valence-electron chi connectivity index (χ4n) is 6.17. The number of likely N-dealkylation sites (tertiary alicyclic amines) is 2. The number of likely N-dealkylation sites (N-methyl/N-ethyl adjacent to an activating group) is 1. The van der Waals surface area contributed by atoms with Crippen molar-refractivity contribution >= 4 is 11.9 Å². The summed E-state index contributed by atoms with van der Waals surface area (Å²) < 4.78 is 17.0. The van der Waals surface area contributed by atoms with Gasteiger partial charge in [-0.3, -0.25) is 9.48 Å². The lowest BCUT2D eigenvalue weighted by Crippen LogP contribution is -2.46. The summed E-state index contributed by atoms with van der Waals surface area (Å²) in [5, 5.41) is 7.76. The topological polar surface area (TPSA) is 73.7 Å². The Morgan fingerprint density at radius 1 is 1.03 bits per heavy atom. The Morgan fingerprint density at radius 3 is 2.38 bits per heavy atom. The molecule has 39 heavy (non-hydrogen) atoms. The van der Waals surface area contributed by atoms with Gasteiger partial charge in [0.05, 0.1) is 23.5 Å². The van der Waals surface area contributed by atoms with Gasteiger partial charge in [-0.15, -0.1) is 0 Å². The van der Waals surface area contributed by atoms with Gasteiger partial charge in [0, 0.05) is 51.1 Å². The zero-order valence-corrected chi connectivity index (χ0v) is 23.8. The molecule has 3 fully saturated rings. The third kappa shape index (κ3) is 6.13. The van der Waals surface area contributed by atoms with E-state index in [0.717, 1.165) is 55.5 Å². The minimum atomic E-state index is -1.42. The van der Waals surface area contributed by atoms with Crippen LogP contribution in [0.3, 0.4) is 0 Å². The van der Waals surface area contributed by atoms with Crippen LogP contribution in [0, 0.1) is 0 Å². The highest BCUT2D eigenvalue weighted by atomic mass is 19.1. The van der Waals surface area contributed by atoms with Crippen molar-refractivity contribution in [2.75, 3.05) is 53.4 Å². The van der Waals surface area contributed by atoms with Gasteiger partial charge < -0.3 is 20.0 Å². The van der Waals surface area contributed by atoms with Gasteiger partial charge >= 0.3 is 6.03 Å². The first-order chi connectivity index (χ1) is 18.6. The van der Waals surface area contributed by atoms with Gasteiger partial charge in [0.2, 0.25) is 0 Å². The minimum absolute atomic E-state index is 0.00430. The van der Waals surface area contributed by atoms with E-state index in [0.29, 0.717) is 44.2 Å². The lowest BCUT2D eigenvalue weighted by Gasteiger charge is -2.33. The van der Waals surface area contributed by atoms with Crippen LogP contribution in [0.5, 0.6) is 0 Å². The highest BCUT2D eigenvalue weighted by Crippen LogP contribution is 2.44. The van der Waals surface area contributed by atoms with E-state index >= 15 is 0 Å². The number of hydrogen-bond donors (Lipinski definition) is 1. The van der Waals surface area contributed by atoms with E-state index in [9.17, 15) is 14.0 Å². The van der Waals surface area contributed by atoms with Crippen molar-refractivity contribution in [1.82, 2.24) is 29.8 Å². The standard InChI is InChI=1S/C30H43FN6O2/c1-30(2,31)26-8-6-5-7-24(26)22-11-15-36(20-22)28(38)25-19-33-37(27(25)21-9-10-21)23-12-16-35(17-13-23)29(39)32-14-18-34(3)4/h5-8,19,21-23H,9-18,20H2,1-4H3,(H,32,39)/t22-/m1/s1. The maximum atomic E-state index is 14.9. The number of benzene rings is 1. The molecule has 3 aliphatic rings. The average Bonchev–Trinajstić information content (AvgIpc) is 3.45. The lowest BCUT2D eigenvalue weighted by molar-refractivity contribution is 0.0789. The van der Waals surface area contributed by atoms with Gasteiger partial charge in [-0.25, -0.2) is 9.18 Å². The quantitative estimate of drug-likeness (QED) is 0.537. The second kappa shape index (κ2) is 11.3. The average molecular weight is 539 g/mol. The molecule has 1 atom stereocenters. The molecule has 0 radical (unpaired) electrons.